The van der Waals surface area contributed by atoms with Gasteiger partial charge in [0.15, 0.2) is 11.5 Å². The van der Waals surface area contributed by atoms with E-state index in [1.807, 2.05) is 45.3 Å². The molecule has 0 radical (unpaired) electrons. The van der Waals surface area contributed by atoms with Crippen LogP contribution in [0.2, 0.25) is 0 Å². The monoisotopic (exact) mass is 286 g/mol. The van der Waals surface area contributed by atoms with Crippen LogP contribution in [0.15, 0.2) is 42.5 Å². The average Bonchev–Trinajstić information content (AvgIpc) is 2.48. The standard InChI is InChI=1S/C17H22N2O2/c1-4-21-17-11-13(9-10-16(17)20)12-18-14-7-5-6-8-15(14)19(2)3/h5-11,18,20H,4,12H2,1-3H3. The molecule has 0 unspecified atom stereocenters. The van der Waals surface area contributed by atoms with Gasteiger partial charge in [-0.3, -0.25) is 0 Å². The molecule has 21 heavy (non-hydrogen) atoms. The van der Waals surface area contributed by atoms with E-state index in [-0.39, 0.29) is 5.75 Å². The minimum atomic E-state index is 0.175. The van der Waals surface area contributed by atoms with E-state index in [1.165, 1.54) is 0 Å². The number of nitrogens with zero attached hydrogens (tertiary/aromatic N) is 1. The topological polar surface area (TPSA) is 44.7 Å². The Morgan fingerprint density at radius 3 is 2.62 bits per heavy atom. The normalized spacial score (nSPS) is 10.2. The molecule has 0 bridgehead atoms. The maximum atomic E-state index is 9.72. The molecule has 0 fully saturated rings. The van der Waals surface area contributed by atoms with Gasteiger partial charge in [0.25, 0.3) is 0 Å². The summed E-state index contributed by atoms with van der Waals surface area (Å²) in [6, 6.07) is 13.6. The van der Waals surface area contributed by atoms with Crippen LogP contribution in [0, 0.1) is 0 Å². The summed E-state index contributed by atoms with van der Waals surface area (Å²) in [5.74, 6) is 0.701. The second kappa shape index (κ2) is 6.88. The molecule has 0 atom stereocenters. The number of phenolic OH excluding ortho intramolecular Hbond substituents is 1. The van der Waals surface area contributed by atoms with Gasteiger partial charge in [-0.2, -0.15) is 0 Å². The Morgan fingerprint density at radius 2 is 1.90 bits per heavy atom. The predicted octanol–water partition coefficient (Wildman–Crippen LogP) is 3.47. The maximum Gasteiger partial charge on any atom is 0.161 e. The third kappa shape index (κ3) is 3.81. The fourth-order valence-corrected chi connectivity index (χ4v) is 2.15. The lowest BCUT2D eigenvalue weighted by molar-refractivity contribution is 0.318. The number of ether oxygens (including phenoxy) is 1. The summed E-state index contributed by atoms with van der Waals surface area (Å²) in [5, 5.41) is 13.1. The lowest BCUT2D eigenvalue weighted by atomic mass is 10.2. The fraction of sp³-hybridized carbons (Fsp3) is 0.294. The van der Waals surface area contributed by atoms with E-state index < -0.39 is 0 Å². The van der Waals surface area contributed by atoms with Crippen LogP contribution in [0.4, 0.5) is 11.4 Å². The highest BCUT2D eigenvalue weighted by molar-refractivity contribution is 5.69. The van der Waals surface area contributed by atoms with E-state index in [0.717, 1.165) is 16.9 Å². The number of hydrogen-bond donors (Lipinski definition) is 2. The molecule has 0 heterocycles. The van der Waals surface area contributed by atoms with Crippen LogP contribution in [-0.2, 0) is 6.54 Å². The molecule has 0 aliphatic heterocycles. The van der Waals surface area contributed by atoms with Gasteiger partial charge in [0.2, 0.25) is 0 Å². The van der Waals surface area contributed by atoms with Crippen LogP contribution < -0.4 is 15.0 Å². The quantitative estimate of drug-likeness (QED) is 0.853. The number of phenols is 1. The van der Waals surface area contributed by atoms with Crippen molar-refractivity contribution in [3.05, 3.63) is 48.0 Å². The summed E-state index contributed by atoms with van der Waals surface area (Å²) >= 11 is 0. The Balaban J connectivity index is 2.11. The van der Waals surface area contributed by atoms with Gasteiger partial charge in [0.1, 0.15) is 0 Å². The highest BCUT2D eigenvalue weighted by Crippen LogP contribution is 2.28. The van der Waals surface area contributed by atoms with Crippen molar-refractivity contribution < 1.29 is 9.84 Å². The highest BCUT2D eigenvalue weighted by atomic mass is 16.5. The smallest absolute Gasteiger partial charge is 0.161 e. The SMILES string of the molecule is CCOc1cc(CNc2ccccc2N(C)C)ccc1O. The van der Waals surface area contributed by atoms with Gasteiger partial charge in [-0.25, -0.2) is 0 Å². The van der Waals surface area contributed by atoms with Gasteiger partial charge in [0.05, 0.1) is 18.0 Å². The summed E-state index contributed by atoms with van der Waals surface area (Å²) in [5.41, 5.74) is 3.28. The molecule has 0 saturated carbocycles. The van der Waals surface area contributed by atoms with Gasteiger partial charge in [-0.1, -0.05) is 18.2 Å². The molecule has 0 saturated heterocycles. The number of benzene rings is 2. The van der Waals surface area contributed by atoms with Crippen LogP contribution in [0.5, 0.6) is 11.5 Å². The van der Waals surface area contributed by atoms with Gasteiger partial charge in [-0.05, 0) is 36.8 Å². The number of nitrogens with one attached hydrogen (secondary N) is 1. The van der Waals surface area contributed by atoms with Crippen molar-refractivity contribution in [2.75, 3.05) is 30.9 Å². The maximum absolute atomic E-state index is 9.72. The summed E-state index contributed by atoms with van der Waals surface area (Å²) in [7, 11) is 4.04. The number of aromatic hydroxyl groups is 1. The van der Waals surface area contributed by atoms with E-state index in [4.69, 9.17) is 4.74 Å². The van der Waals surface area contributed by atoms with Crippen molar-refractivity contribution in [1.82, 2.24) is 0 Å². The first-order chi connectivity index (χ1) is 10.1. The molecule has 112 valence electrons. The second-order valence-corrected chi connectivity index (χ2v) is 5.00. The first kappa shape index (κ1) is 15.0. The molecule has 0 spiro atoms. The third-order valence-corrected chi connectivity index (χ3v) is 3.19. The van der Waals surface area contributed by atoms with Crippen LogP contribution >= 0.6 is 0 Å². The molecule has 0 amide bonds. The van der Waals surface area contributed by atoms with Gasteiger partial charge < -0.3 is 20.1 Å². The van der Waals surface area contributed by atoms with Crippen molar-refractivity contribution >= 4 is 11.4 Å². The molecule has 2 rings (SSSR count). The van der Waals surface area contributed by atoms with Crippen molar-refractivity contribution in [2.24, 2.45) is 0 Å². The molecule has 4 heteroatoms. The lowest BCUT2D eigenvalue weighted by Gasteiger charge is -2.18. The molecule has 2 aromatic carbocycles. The Labute approximate surface area is 126 Å². The summed E-state index contributed by atoms with van der Waals surface area (Å²) in [4.78, 5) is 2.07. The molecule has 2 aromatic rings. The van der Waals surface area contributed by atoms with Gasteiger partial charge in [0, 0.05) is 20.6 Å². The zero-order chi connectivity index (χ0) is 15.2. The molecular formula is C17H22N2O2. The predicted molar refractivity (Wildman–Crippen MR) is 87.4 cm³/mol. The van der Waals surface area contributed by atoms with Crippen LogP contribution in [0.25, 0.3) is 0 Å². The molecule has 4 nitrogen and oxygen atoms in total. The fourth-order valence-electron chi connectivity index (χ4n) is 2.15. The van der Waals surface area contributed by atoms with Crippen LogP contribution in [0.1, 0.15) is 12.5 Å². The van der Waals surface area contributed by atoms with Crippen molar-refractivity contribution in [1.29, 1.82) is 0 Å². The Hall–Kier alpha value is -2.36. The number of hydrogen-bond acceptors (Lipinski definition) is 4. The van der Waals surface area contributed by atoms with E-state index in [0.29, 0.717) is 18.9 Å². The zero-order valence-corrected chi connectivity index (χ0v) is 12.8. The molecule has 0 aliphatic carbocycles. The van der Waals surface area contributed by atoms with Crippen molar-refractivity contribution in [3.8, 4) is 11.5 Å². The van der Waals surface area contributed by atoms with Crippen molar-refractivity contribution in [2.45, 2.75) is 13.5 Å². The Morgan fingerprint density at radius 1 is 1.14 bits per heavy atom. The largest absolute Gasteiger partial charge is 0.504 e. The van der Waals surface area contributed by atoms with Gasteiger partial charge in [-0.15, -0.1) is 0 Å². The highest BCUT2D eigenvalue weighted by Gasteiger charge is 2.06. The molecule has 2 N–H and O–H groups in total. The Kier molecular flexibility index (Phi) is 4.93. The number of anilines is 2. The van der Waals surface area contributed by atoms with E-state index in [2.05, 4.69) is 22.3 Å². The molecule has 0 aliphatic rings. The molecular weight excluding hydrogens is 264 g/mol. The van der Waals surface area contributed by atoms with Crippen LogP contribution in [-0.4, -0.2) is 25.8 Å². The Bertz CT molecular complexity index is 597. The third-order valence-electron chi connectivity index (χ3n) is 3.19. The van der Waals surface area contributed by atoms with E-state index in [1.54, 1.807) is 6.07 Å². The second-order valence-electron chi connectivity index (χ2n) is 5.00. The summed E-state index contributed by atoms with van der Waals surface area (Å²) in [6.45, 7) is 3.11. The zero-order valence-electron chi connectivity index (χ0n) is 12.8. The van der Waals surface area contributed by atoms with E-state index >= 15 is 0 Å². The first-order valence-corrected chi connectivity index (χ1v) is 7.06. The average molecular weight is 286 g/mol. The lowest BCUT2D eigenvalue weighted by Crippen LogP contribution is -2.12. The van der Waals surface area contributed by atoms with Gasteiger partial charge >= 0.3 is 0 Å². The van der Waals surface area contributed by atoms with Crippen LogP contribution in [0.3, 0.4) is 0 Å². The minimum Gasteiger partial charge on any atom is -0.504 e. The number of para-hydroxylation sites is 2. The minimum absolute atomic E-state index is 0.175. The van der Waals surface area contributed by atoms with E-state index in [9.17, 15) is 5.11 Å². The number of rotatable bonds is 6. The summed E-state index contributed by atoms with van der Waals surface area (Å²) < 4.78 is 5.41. The molecule has 0 aromatic heterocycles. The van der Waals surface area contributed by atoms with Crippen molar-refractivity contribution in [3.63, 3.8) is 0 Å². The summed E-state index contributed by atoms with van der Waals surface area (Å²) in [6.07, 6.45) is 0. The first-order valence-electron chi connectivity index (χ1n) is 7.06.